The molecule has 0 spiro atoms. The van der Waals surface area contributed by atoms with E-state index in [1.54, 1.807) is 0 Å². The summed E-state index contributed by atoms with van der Waals surface area (Å²) >= 11 is 6.32. The summed E-state index contributed by atoms with van der Waals surface area (Å²) in [6.45, 7) is 0. The van der Waals surface area contributed by atoms with Gasteiger partial charge in [-0.3, -0.25) is 0 Å². The zero-order valence-corrected chi connectivity index (χ0v) is 16.9. The molecular formula is C26H13ClN2O2. The second-order valence-corrected chi connectivity index (χ2v) is 7.93. The summed E-state index contributed by atoms with van der Waals surface area (Å²) in [5.74, 6) is 0. The third-order valence-electron chi connectivity index (χ3n) is 5.83. The first-order valence-electron chi connectivity index (χ1n) is 9.95. The average molecular weight is 421 g/mol. The van der Waals surface area contributed by atoms with Gasteiger partial charge in [0.15, 0.2) is 5.58 Å². The highest BCUT2D eigenvalue weighted by Gasteiger charge is 2.18. The Balaban J connectivity index is 1.59. The molecule has 3 heterocycles. The molecule has 4 aromatic carbocycles. The van der Waals surface area contributed by atoms with Crippen LogP contribution in [0.2, 0.25) is 5.28 Å². The van der Waals surface area contributed by atoms with Crippen LogP contribution >= 0.6 is 11.6 Å². The van der Waals surface area contributed by atoms with E-state index >= 15 is 0 Å². The maximum Gasteiger partial charge on any atom is 0.223 e. The number of nitrogens with zero attached hydrogens (tertiary/aromatic N) is 2. The van der Waals surface area contributed by atoms with Gasteiger partial charge in [-0.05, 0) is 58.8 Å². The van der Waals surface area contributed by atoms with Crippen molar-refractivity contribution in [1.82, 2.24) is 9.97 Å². The van der Waals surface area contributed by atoms with Gasteiger partial charge >= 0.3 is 0 Å². The minimum atomic E-state index is 0.191. The highest BCUT2D eigenvalue weighted by molar-refractivity contribution is 6.29. The minimum absolute atomic E-state index is 0.191. The fourth-order valence-electron chi connectivity index (χ4n) is 4.45. The van der Waals surface area contributed by atoms with Crippen LogP contribution in [0, 0.1) is 0 Å². The quantitative estimate of drug-likeness (QED) is 0.255. The van der Waals surface area contributed by atoms with E-state index in [0.717, 1.165) is 43.9 Å². The van der Waals surface area contributed by atoms with Crippen molar-refractivity contribution in [2.24, 2.45) is 0 Å². The summed E-state index contributed by atoms with van der Waals surface area (Å²) in [5.41, 5.74) is 5.36. The summed E-state index contributed by atoms with van der Waals surface area (Å²) in [6.07, 6.45) is 0. The number of furan rings is 2. The molecule has 4 nitrogen and oxygen atoms in total. The van der Waals surface area contributed by atoms with E-state index < -0.39 is 0 Å². The van der Waals surface area contributed by atoms with Gasteiger partial charge in [-0.15, -0.1) is 0 Å². The van der Waals surface area contributed by atoms with Crippen LogP contribution in [0.5, 0.6) is 0 Å². The number of fused-ring (bicyclic) bond motifs is 8. The Hall–Kier alpha value is -3.89. The topological polar surface area (TPSA) is 52.1 Å². The lowest BCUT2D eigenvalue weighted by molar-refractivity contribution is 0.666. The molecule has 0 fully saturated rings. The normalized spacial score (nSPS) is 12.0. The Morgan fingerprint density at radius 2 is 1.42 bits per heavy atom. The number of halogens is 1. The Bertz CT molecular complexity index is 1810. The SMILES string of the molecule is Clc1nc(-c2ccc3oc4ccc5ccccc5c4c3c2)c2oc3ccccc3c2n1. The second-order valence-electron chi connectivity index (χ2n) is 7.59. The third kappa shape index (κ3) is 2.36. The van der Waals surface area contributed by atoms with Crippen LogP contribution in [-0.2, 0) is 0 Å². The highest BCUT2D eigenvalue weighted by Crippen LogP contribution is 2.39. The summed E-state index contributed by atoms with van der Waals surface area (Å²) in [5, 5.41) is 5.57. The Morgan fingerprint density at radius 3 is 2.35 bits per heavy atom. The van der Waals surface area contributed by atoms with Gasteiger partial charge in [0.05, 0.1) is 0 Å². The summed E-state index contributed by atoms with van der Waals surface area (Å²) in [7, 11) is 0. The largest absolute Gasteiger partial charge is 0.456 e. The number of rotatable bonds is 1. The van der Waals surface area contributed by atoms with Crippen LogP contribution in [0.3, 0.4) is 0 Å². The molecule has 7 aromatic rings. The van der Waals surface area contributed by atoms with Crippen molar-refractivity contribution in [2.75, 3.05) is 0 Å². The van der Waals surface area contributed by atoms with Crippen LogP contribution in [0.15, 0.2) is 87.7 Å². The van der Waals surface area contributed by atoms with E-state index in [1.165, 1.54) is 5.39 Å². The van der Waals surface area contributed by atoms with Crippen LogP contribution in [0.1, 0.15) is 0 Å². The van der Waals surface area contributed by atoms with E-state index in [-0.39, 0.29) is 5.28 Å². The maximum absolute atomic E-state index is 6.32. The lowest BCUT2D eigenvalue weighted by Gasteiger charge is -2.03. The lowest BCUT2D eigenvalue weighted by Crippen LogP contribution is -1.89. The van der Waals surface area contributed by atoms with E-state index in [9.17, 15) is 0 Å². The van der Waals surface area contributed by atoms with Gasteiger partial charge in [-0.1, -0.05) is 42.5 Å². The average Bonchev–Trinajstić information content (AvgIpc) is 3.36. The van der Waals surface area contributed by atoms with Crippen LogP contribution in [0.4, 0.5) is 0 Å². The van der Waals surface area contributed by atoms with Gasteiger partial charge in [0.1, 0.15) is 28.0 Å². The molecule has 3 aromatic heterocycles. The lowest BCUT2D eigenvalue weighted by atomic mass is 10.0. The first-order valence-corrected chi connectivity index (χ1v) is 10.3. The molecule has 146 valence electrons. The molecule has 0 saturated heterocycles. The molecular weight excluding hydrogens is 408 g/mol. The van der Waals surface area contributed by atoms with E-state index in [2.05, 4.69) is 34.2 Å². The molecule has 0 amide bonds. The number of para-hydroxylation sites is 1. The zero-order valence-electron chi connectivity index (χ0n) is 16.1. The van der Waals surface area contributed by atoms with Crippen molar-refractivity contribution in [1.29, 1.82) is 0 Å². The number of hydrogen-bond acceptors (Lipinski definition) is 4. The molecule has 0 aliphatic carbocycles. The standard InChI is InChI=1S/C26H13ClN2O2/c27-26-28-23(25-24(29-26)17-7-3-4-8-19(17)31-25)15-10-11-20-18(13-15)22-16-6-2-1-5-14(16)9-12-21(22)30-20/h1-13H. The fraction of sp³-hybridized carbons (Fsp3) is 0. The molecule has 0 N–H and O–H groups in total. The molecule has 0 atom stereocenters. The van der Waals surface area contributed by atoms with Gasteiger partial charge in [0.25, 0.3) is 0 Å². The monoisotopic (exact) mass is 420 g/mol. The van der Waals surface area contributed by atoms with Gasteiger partial charge in [0, 0.05) is 21.7 Å². The first-order chi connectivity index (χ1) is 15.3. The minimum Gasteiger partial charge on any atom is -0.456 e. The molecule has 0 bridgehead atoms. The fourth-order valence-corrected chi connectivity index (χ4v) is 4.62. The molecule has 7 rings (SSSR count). The molecule has 31 heavy (non-hydrogen) atoms. The van der Waals surface area contributed by atoms with Gasteiger partial charge in [-0.2, -0.15) is 0 Å². The first kappa shape index (κ1) is 16.9. The molecule has 0 unspecified atom stereocenters. The van der Waals surface area contributed by atoms with E-state index in [0.29, 0.717) is 16.8 Å². The summed E-state index contributed by atoms with van der Waals surface area (Å²) in [6, 6.07) is 26.3. The van der Waals surface area contributed by atoms with Crippen LogP contribution in [0.25, 0.3) is 66.0 Å². The Kier molecular flexibility index (Phi) is 3.30. The second kappa shape index (κ2) is 6.06. The van der Waals surface area contributed by atoms with E-state index in [1.807, 2.05) is 54.6 Å². The Labute approximate surface area is 180 Å². The van der Waals surface area contributed by atoms with Gasteiger partial charge in [0.2, 0.25) is 5.28 Å². The van der Waals surface area contributed by atoms with Crippen molar-refractivity contribution >= 4 is 66.4 Å². The van der Waals surface area contributed by atoms with Crippen LogP contribution in [-0.4, -0.2) is 9.97 Å². The highest BCUT2D eigenvalue weighted by atomic mass is 35.5. The van der Waals surface area contributed by atoms with Crippen molar-refractivity contribution < 1.29 is 8.83 Å². The molecule has 0 saturated carbocycles. The third-order valence-corrected chi connectivity index (χ3v) is 5.99. The zero-order chi connectivity index (χ0) is 20.5. The molecule has 0 aliphatic heterocycles. The number of hydrogen-bond donors (Lipinski definition) is 0. The number of benzene rings is 4. The van der Waals surface area contributed by atoms with E-state index in [4.69, 9.17) is 20.4 Å². The van der Waals surface area contributed by atoms with Crippen molar-refractivity contribution in [2.45, 2.75) is 0 Å². The summed E-state index contributed by atoms with van der Waals surface area (Å²) < 4.78 is 12.3. The summed E-state index contributed by atoms with van der Waals surface area (Å²) in [4.78, 5) is 8.97. The van der Waals surface area contributed by atoms with Crippen molar-refractivity contribution in [3.05, 3.63) is 84.1 Å². The molecule has 0 aliphatic rings. The van der Waals surface area contributed by atoms with Crippen molar-refractivity contribution in [3.8, 4) is 11.3 Å². The van der Waals surface area contributed by atoms with Gasteiger partial charge < -0.3 is 8.83 Å². The maximum atomic E-state index is 6.32. The predicted molar refractivity (Wildman–Crippen MR) is 125 cm³/mol. The van der Waals surface area contributed by atoms with Crippen molar-refractivity contribution in [3.63, 3.8) is 0 Å². The predicted octanol–water partition coefficient (Wildman–Crippen LogP) is 7.75. The Morgan fingerprint density at radius 1 is 0.645 bits per heavy atom. The molecule has 0 radical (unpaired) electrons. The smallest absolute Gasteiger partial charge is 0.223 e. The van der Waals surface area contributed by atoms with Gasteiger partial charge in [-0.25, -0.2) is 9.97 Å². The number of aromatic nitrogens is 2. The molecule has 5 heteroatoms. The van der Waals surface area contributed by atoms with Crippen LogP contribution < -0.4 is 0 Å².